The summed E-state index contributed by atoms with van der Waals surface area (Å²) < 4.78 is 7.01. The topological polar surface area (TPSA) is 81.4 Å². The van der Waals surface area contributed by atoms with Crippen molar-refractivity contribution in [3.63, 3.8) is 0 Å². The number of carboxylic acid groups (broad SMARTS) is 1. The van der Waals surface area contributed by atoms with Gasteiger partial charge in [0, 0.05) is 17.8 Å². The second-order valence-electron chi connectivity index (χ2n) is 4.17. The van der Waals surface area contributed by atoms with Gasteiger partial charge in [0.1, 0.15) is 5.75 Å². The second-order valence-corrected chi connectivity index (χ2v) is 5.11. The van der Waals surface area contributed by atoms with E-state index in [0.29, 0.717) is 11.7 Å². The molecule has 0 unspecified atom stereocenters. The van der Waals surface area contributed by atoms with Gasteiger partial charge in [0.05, 0.1) is 19.4 Å². The molecule has 0 aliphatic heterocycles. The normalized spacial score (nSPS) is 10.3. The Morgan fingerprint density at radius 2 is 2.14 bits per heavy atom. The number of hydrogen-bond donors (Lipinski definition) is 1. The maximum absolute atomic E-state index is 11.4. The lowest BCUT2D eigenvalue weighted by atomic mass is 10.2. The molecule has 1 aromatic carbocycles. The molecular weight excluding hydrogens is 292 g/mol. The number of carboxylic acids is 1. The number of carbonyl (C=O) groups is 1. The molecular formula is C14H14N2O4S. The highest BCUT2D eigenvalue weighted by molar-refractivity contribution is 7.99. The summed E-state index contributed by atoms with van der Waals surface area (Å²) >= 11 is 1.01. The van der Waals surface area contributed by atoms with Crippen LogP contribution in [0.1, 0.15) is 5.56 Å². The van der Waals surface area contributed by atoms with Gasteiger partial charge < -0.3 is 14.4 Å². The SMILES string of the molecule is COc1ccccc1Cn1ccc(=O)nc1SCC(=O)O. The maximum Gasteiger partial charge on any atom is 0.313 e. The summed E-state index contributed by atoms with van der Waals surface area (Å²) in [6, 6.07) is 8.85. The number of methoxy groups -OCH3 is 1. The fourth-order valence-corrected chi connectivity index (χ4v) is 2.49. The molecule has 2 aromatic rings. The highest BCUT2D eigenvalue weighted by atomic mass is 32.2. The molecule has 0 aliphatic rings. The highest BCUT2D eigenvalue weighted by Gasteiger charge is 2.09. The lowest BCUT2D eigenvalue weighted by Crippen LogP contribution is -2.15. The smallest absolute Gasteiger partial charge is 0.313 e. The standard InChI is InChI=1S/C14H14N2O4S/c1-20-11-5-3-2-4-10(11)8-16-7-6-12(17)15-14(16)21-9-13(18)19/h2-7H,8-9H2,1H3,(H,18,19). The average molecular weight is 306 g/mol. The van der Waals surface area contributed by atoms with Gasteiger partial charge in [-0.15, -0.1) is 0 Å². The zero-order valence-corrected chi connectivity index (χ0v) is 12.2. The van der Waals surface area contributed by atoms with Crippen LogP contribution in [0.4, 0.5) is 0 Å². The van der Waals surface area contributed by atoms with Crippen LogP contribution in [0.25, 0.3) is 0 Å². The Labute approximate surface area is 125 Å². The first-order chi connectivity index (χ1) is 10.1. The Kier molecular flexibility index (Phi) is 4.99. The van der Waals surface area contributed by atoms with Gasteiger partial charge in [-0.25, -0.2) is 0 Å². The van der Waals surface area contributed by atoms with Gasteiger partial charge in [0.15, 0.2) is 5.16 Å². The molecule has 2 rings (SSSR count). The van der Waals surface area contributed by atoms with Crippen molar-refractivity contribution in [2.45, 2.75) is 11.7 Å². The van der Waals surface area contributed by atoms with Gasteiger partial charge in [0.2, 0.25) is 0 Å². The minimum absolute atomic E-state index is 0.150. The van der Waals surface area contributed by atoms with Crippen LogP contribution in [-0.4, -0.2) is 33.5 Å². The molecule has 0 bridgehead atoms. The number of hydrogen-bond acceptors (Lipinski definition) is 5. The third-order valence-corrected chi connectivity index (χ3v) is 3.68. The van der Waals surface area contributed by atoms with Crippen molar-refractivity contribution in [3.8, 4) is 5.75 Å². The number of aromatic nitrogens is 2. The third-order valence-electron chi connectivity index (χ3n) is 2.71. The molecule has 7 heteroatoms. The van der Waals surface area contributed by atoms with E-state index in [-0.39, 0.29) is 11.3 Å². The van der Waals surface area contributed by atoms with Crippen LogP contribution in [-0.2, 0) is 11.3 Å². The van der Waals surface area contributed by atoms with E-state index in [2.05, 4.69) is 4.98 Å². The summed E-state index contributed by atoms with van der Waals surface area (Å²) in [4.78, 5) is 25.9. The Morgan fingerprint density at radius 1 is 1.38 bits per heavy atom. The number of benzene rings is 1. The molecule has 0 radical (unpaired) electrons. The van der Waals surface area contributed by atoms with Crippen molar-refractivity contribution in [2.75, 3.05) is 12.9 Å². The van der Waals surface area contributed by atoms with Crippen molar-refractivity contribution in [1.29, 1.82) is 0 Å². The number of ether oxygens (including phenoxy) is 1. The third kappa shape index (κ3) is 4.09. The van der Waals surface area contributed by atoms with Gasteiger partial charge in [0.25, 0.3) is 5.56 Å². The first-order valence-electron chi connectivity index (χ1n) is 6.14. The second kappa shape index (κ2) is 6.94. The first-order valence-corrected chi connectivity index (χ1v) is 7.12. The molecule has 1 N–H and O–H groups in total. The summed E-state index contributed by atoms with van der Waals surface area (Å²) in [5, 5.41) is 9.12. The average Bonchev–Trinajstić information content (AvgIpc) is 2.48. The van der Waals surface area contributed by atoms with Crippen molar-refractivity contribution in [1.82, 2.24) is 9.55 Å². The van der Waals surface area contributed by atoms with E-state index in [1.54, 1.807) is 17.9 Å². The largest absolute Gasteiger partial charge is 0.496 e. The molecule has 0 amide bonds. The van der Waals surface area contributed by atoms with E-state index in [4.69, 9.17) is 9.84 Å². The molecule has 0 saturated carbocycles. The maximum atomic E-state index is 11.4. The van der Waals surface area contributed by atoms with Crippen LogP contribution in [0.15, 0.2) is 46.5 Å². The molecule has 21 heavy (non-hydrogen) atoms. The van der Waals surface area contributed by atoms with Crippen molar-refractivity contribution < 1.29 is 14.6 Å². The quantitative estimate of drug-likeness (QED) is 0.643. The lowest BCUT2D eigenvalue weighted by Gasteiger charge is -2.13. The predicted octanol–water partition coefficient (Wildman–Crippen LogP) is 1.48. The van der Waals surface area contributed by atoms with E-state index in [1.165, 1.54) is 6.07 Å². The number of nitrogens with zero attached hydrogens (tertiary/aromatic N) is 2. The summed E-state index contributed by atoms with van der Waals surface area (Å²) in [6.45, 7) is 0.444. The van der Waals surface area contributed by atoms with Gasteiger partial charge in [-0.3, -0.25) is 9.59 Å². The Bertz CT molecular complexity index is 699. The summed E-state index contributed by atoms with van der Waals surface area (Å²) in [5.74, 6) is -0.380. The van der Waals surface area contributed by atoms with Crippen LogP contribution in [0.3, 0.4) is 0 Å². The molecule has 6 nitrogen and oxygen atoms in total. The fourth-order valence-electron chi connectivity index (χ4n) is 1.79. The highest BCUT2D eigenvalue weighted by Crippen LogP contribution is 2.21. The Morgan fingerprint density at radius 3 is 2.86 bits per heavy atom. The monoisotopic (exact) mass is 306 g/mol. The number of rotatable bonds is 6. The van der Waals surface area contributed by atoms with Crippen molar-refractivity contribution >= 4 is 17.7 Å². The fraction of sp³-hybridized carbons (Fsp3) is 0.214. The number of thioether (sulfide) groups is 1. The minimum atomic E-state index is -0.957. The van der Waals surface area contributed by atoms with E-state index in [1.807, 2.05) is 24.3 Å². The first kappa shape index (κ1) is 15.1. The molecule has 0 saturated heterocycles. The Balaban J connectivity index is 2.30. The number of aliphatic carboxylic acids is 1. The van der Waals surface area contributed by atoms with Crippen LogP contribution >= 0.6 is 11.8 Å². The zero-order valence-electron chi connectivity index (χ0n) is 11.4. The van der Waals surface area contributed by atoms with Gasteiger partial charge >= 0.3 is 5.97 Å². The van der Waals surface area contributed by atoms with E-state index >= 15 is 0 Å². The Hall–Kier alpha value is -2.28. The zero-order chi connectivity index (χ0) is 15.2. The molecule has 1 aromatic heterocycles. The molecule has 0 atom stereocenters. The molecule has 0 spiro atoms. The van der Waals surface area contributed by atoms with E-state index in [0.717, 1.165) is 23.1 Å². The predicted molar refractivity (Wildman–Crippen MR) is 79.0 cm³/mol. The van der Waals surface area contributed by atoms with Crippen LogP contribution < -0.4 is 10.3 Å². The van der Waals surface area contributed by atoms with E-state index < -0.39 is 5.97 Å². The molecule has 110 valence electrons. The van der Waals surface area contributed by atoms with Gasteiger partial charge in [-0.05, 0) is 6.07 Å². The van der Waals surface area contributed by atoms with Crippen LogP contribution in [0, 0.1) is 0 Å². The summed E-state index contributed by atoms with van der Waals surface area (Å²) in [6.07, 6.45) is 1.60. The summed E-state index contributed by atoms with van der Waals surface area (Å²) in [5.41, 5.74) is 0.529. The van der Waals surface area contributed by atoms with Crippen LogP contribution in [0.5, 0.6) is 5.75 Å². The van der Waals surface area contributed by atoms with Gasteiger partial charge in [-0.1, -0.05) is 30.0 Å². The molecule has 1 heterocycles. The minimum Gasteiger partial charge on any atom is -0.496 e. The molecule has 0 fully saturated rings. The lowest BCUT2D eigenvalue weighted by molar-refractivity contribution is -0.133. The molecule has 0 aliphatic carbocycles. The van der Waals surface area contributed by atoms with Crippen molar-refractivity contribution in [2.24, 2.45) is 0 Å². The van der Waals surface area contributed by atoms with Crippen LogP contribution in [0.2, 0.25) is 0 Å². The summed E-state index contributed by atoms with van der Waals surface area (Å²) in [7, 11) is 1.59. The van der Waals surface area contributed by atoms with Gasteiger partial charge in [-0.2, -0.15) is 4.98 Å². The van der Waals surface area contributed by atoms with E-state index in [9.17, 15) is 9.59 Å². The van der Waals surface area contributed by atoms with Crippen molar-refractivity contribution in [3.05, 3.63) is 52.4 Å². The number of para-hydroxylation sites is 1.